The molecule has 190 valence electrons. The summed E-state index contributed by atoms with van der Waals surface area (Å²) in [5.74, 6) is 0.324. The minimum atomic E-state index is -4.51. The number of ether oxygens (including phenoxy) is 2. The van der Waals surface area contributed by atoms with Crippen LogP contribution in [0.25, 0.3) is 28.1 Å². The summed E-state index contributed by atoms with van der Waals surface area (Å²) in [6.07, 6.45) is -1.16. The van der Waals surface area contributed by atoms with Crippen molar-refractivity contribution in [3.63, 3.8) is 0 Å². The number of benzene rings is 3. The van der Waals surface area contributed by atoms with E-state index in [2.05, 4.69) is 4.98 Å². The lowest BCUT2D eigenvalue weighted by atomic mass is 9.97. The number of aromatic nitrogens is 1. The van der Waals surface area contributed by atoms with Crippen molar-refractivity contribution in [3.8, 4) is 28.4 Å². The molecule has 1 heterocycles. The Labute approximate surface area is 211 Å². The maximum Gasteiger partial charge on any atom is 0.416 e. The molecule has 4 aromatic rings. The second kappa shape index (κ2) is 10.7. The number of hydrogen-bond acceptors (Lipinski definition) is 5. The number of aromatic hydroxyl groups is 1. The molecular weight excluding hydrogens is 483 g/mol. The number of aryl methyl sites for hydroxylation is 1. The van der Waals surface area contributed by atoms with Crippen LogP contribution < -0.4 is 4.74 Å². The summed E-state index contributed by atoms with van der Waals surface area (Å²) < 4.78 is 51.6. The molecule has 0 saturated heterocycles. The predicted octanol–water partition coefficient (Wildman–Crippen LogP) is 7.56. The van der Waals surface area contributed by atoms with Crippen molar-refractivity contribution in [1.82, 2.24) is 4.98 Å². The lowest BCUT2D eigenvalue weighted by Crippen LogP contribution is -2.05. The van der Waals surface area contributed by atoms with Crippen molar-refractivity contribution >= 4 is 22.9 Å². The molecule has 5 nitrogen and oxygen atoms in total. The summed E-state index contributed by atoms with van der Waals surface area (Å²) in [7, 11) is 0. The molecule has 0 fully saturated rings. The third-order valence-electron chi connectivity index (χ3n) is 5.61. The molecule has 8 heteroatoms. The van der Waals surface area contributed by atoms with Gasteiger partial charge >= 0.3 is 12.1 Å². The maximum absolute atomic E-state index is 13.5. The van der Waals surface area contributed by atoms with E-state index in [4.69, 9.17) is 9.47 Å². The van der Waals surface area contributed by atoms with Gasteiger partial charge in [0.15, 0.2) is 0 Å². The lowest BCUT2D eigenvalue weighted by molar-refractivity contribution is -0.138. The summed E-state index contributed by atoms with van der Waals surface area (Å²) in [6, 6.07) is 16.5. The molecule has 0 bridgehead atoms. The fraction of sp³-hybridized carbons (Fsp3) is 0.172. The normalized spacial score (nSPS) is 11.7. The zero-order valence-electron chi connectivity index (χ0n) is 20.2. The topological polar surface area (TPSA) is 68.7 Å². The Morgan fingerprint density at radius 3 is 2.46 bits per heavy atom. The first-order valence-electron chi connectivity index (χ1n) is 11.7. The minimum absolute atomic E-state index is 0.0116. The van der Waals surface area contributed by atoms with Gasteiger partial charge in [-0.25, -0.2) is 4.79 Å². The van der Waals surface area contributed by atoms with E-state index in [0.717, 1.165) is 17.7 Å². The number of phenols is 1. The Morgan fingerprint density at radius 1 is 1.03 bits per heavy atom. The smallest absolute Gasteiger partial charge is 0.416 e. The quantitative estimate of drug-likeness (QED) is 0.207. The van der Waals surface area contributed by atoms with Crippen LogP contribution in [0.4, 0.5) is 13.2 Å². The zero-order chi connectivity index (χ0) is 26.6. The van der Waals surface area contributed by atoms with Gasteiger partial charge in [-0.05, 0) is 66.9 Å². The van der Waals surface area contributed by atoms with Crippen molar-refractivity contribution in [1.29, 1.82) is 0 Å². The number of carbonyl (C=O) groups excluding carboxylic acids is 1. The van der Waals surface area contributed by atoms with Gasteiger partial charge in [0, 0.05) is 23.1 Å². The first-order valence-corrected chi connectivity index (χ1v) is 11.7. The highest BCUT2D eigenvalue weighted by Gasteiger charge is 2.31. The third kappa shape index (κ3) is 5.91. The number of carbonyl (C=O) groups is 1. The number of phenolic OH excluding ortho intramolecular Hbond substituents is 1. The molecule has 0 aliphatic rings. The molecular formula is C29H24F3NO4. The van der Waals surface area contributed by atoms with Crippen LogP contribution in [0, 0.1) is 0 Å². The van der Waals surface area contributed by atoms with E-state index in [0.29, 0.717) is 45.6 Å². The van der Waals surface area contributed by atoms with Gasteiger partial charge < -0.3 is 14.6 Å². The Bertz CT molecular complexity index is 1460. The fourth-order valence-electron chi connectivity index (χ4n) is 3.90. The molecule has 0 aliphatic heterocycles. The highest BCUT2D eigenvalue weighted by atomic mass is 19.4. The predicted molar refractivity (Wildman–Crippen MR) is 135 cm³/mol. The fourth-order valence-corrected chi connectivity index (χ4v) is 3.90. The molecule has 0 radical (unpaired) electrons. The number of nitrogens with zero attached hydrogens (tertiary/aromatic N) is 1. The molecule has 0 atom stereocenters. The van der Waals surface area contributed by atoms with Crippen molar-refractivity contribution in [3.05, 3.63) is 89.6 Å². The summed E-state index contributed by atoms with van der Waals surface area (Å²) in [5.41, 5.74) is 1.70. The highest BCUT2D eigenvalue weighted by molar-refractivity contribution is 5.94. The molecule has 4 rings (SSSR count). The number of hydrogen-bond donors (Lipinski definition) is 1. The average molecular weight is 508 g/mol. The molecule has 0 unspecified atom stereocenters. The van der Waals surface area contributed by atoms with Gasteiger partial charge in [-0.15, -0.1) is 0 Å². The SMILES string of the molecule is CCOC(=O)/C=C/c1ccc(Oc2c(-c3cccc(C(F)(F)F)c3)c(CC)nc3cc(O)ccc23)cc1. The third-order valence-corrected chi connectivity index (χ3v) is 5.61. The summed E-state index contributed by atoms with van der Waals surface area (Å²) >= 11 is 0. The van der Waals surface area contributed by atoms with Crippen LogP contribution in [0.5, 0.6) is 17.2 Å². The van der Waals surface area contributed by atoms with Crippen LogP contribution in [0.1, 0.15) is 30.7 Å². The van der Waals surface area contributed by atoms with E-state index in [1.165, 1.54) is 24.3 Å². The Hall–Kier alpha value is -4.33. The van der Waals surface area contributed by atoms with Gasteiger partial charge in [0.05, 0.1) is 23.4 Å². The van der Waals surface area contributed by atoms with E-state index in [1.807, 2.05) is 6.92 Å². The van der Waals surface area contributed by atoms with Gasteiger partial charge in [0.25, 0.3) is 0 Å². The average Bonchev–Trinajstić information content (AvgIpc) is 2.87. The van der Waals surface area contributed by atoms with E-state index < -0.39 is 17.7 Å². The summed E-state index contributed by atoms with van der Waals surface area (Å²) in [4.78, 5) is 16.2. The Balaban J connectivity index is 1.83. The van der Waals surface area contributed by atoms with Crippen LogP contribution in [0.15, 0.2) is 72.8 Å². The molecule has 0 spiro atoms. The molecule has 3 aromatic carbocycles. The zero-order valence-corrected chi connectivity index (χ0v) is 20.2. The van der Waals surface area contributed by atoms with Gasteiger partial charge in [0.1, 0.15) is 17.2 Å². The number of alkyl halides is 3. The monoisotopic (exact) mass is 507 g/mol. The number of fused-ring (bicyclic) bond motifs is 1. The summed E-state index contributed by atoms with van der Waals surface area (Å²) in [6.45, 7) is 3.85. The van der Waals surface area contributed by atoms with Crippen LogP contribution >= 0.6 is 0 Å². The van der Waals surface area contributed by atoms with Gasteiger partial charge in [-0.3, -0.25) is 4.98 Å². The summed E-state index contributed by atoms with van der Waals surface area (Å²) in [5, 5.41) is 10.5. The molecule has 1 N–H and O–H groups in total. The van der Waals surface area contributed by atoms with E-state index in [9.17, 15) is 23.1 Å². The molecule has 0 aliphatic carbocycles. The Kier molecular flexibility index (Phi) is 7.47. The van der Waals surface area contributed by atoms with Crippen LogP contribution in [-0.4, -0.2) is 22.7 Å². The first-order chi connectivity index (χ1) is 17.7. The largest absolute Gasteiger partial charge is 0.508 e. The maximum atomic E-state index is 13.5. The molecule has 0 amide bonds. The number of pyridine rings is 1. The standard InChI is InChI=1S/C29H24F3NO4/c1-3-24-27(19-6-5-7-20(16-19)29(30,31)32)28(23-14-11-21(34)17-25(23)33-24)37-22-12-8-18(9-13-22)10-15-26(35)36-4-2/h5-17,34H,3-4H2,1-2H3/b15-10+. The first kappa shape index (κ1) is 25.8. The van der Waals surface area contributed by atoms with Crippen molar-refractivity contribution in [2.75, 3.05) is 6.61 Å². The van der Waals surface area contributed by atoms with E-state index in [-0.39, 0.29) is 12.4 Å². The van der Waals surface area contributed by atoms with Crippen molar-refractivity contribution in [2.24, 2.45) is 0 Å². The number of halogens is 3. The minimum Gasteiger partial charge on any atom is -0.508 e. The second-order valence-electron chi connectivity index (χ2n) is 8.15. The van der Waals surface area contributed by atoms with Crippen LogP contribution in [-0.2, 0) is 22.1 Å². The number of esters is 1. The lowest BCUT2D eigenvalue weighted by Gasteiger charge is -2.18. The van der Waals surface area contributed by atoms with Gasteiger partial charge in [0.2, 0.25) is 0 Å². The van der Waals surface area contributed by atoms with E-state index in [1.54, 1.807) is 49.4 Å². The van der Waals surface area contributed by atoms with Crippen molar-refractivity contribution in [2.45, 2.75) is 26.4 Å². The van der Waals surface area contributed by atoms with Crippen LogP contribution in [0.2, 0.25) is 0 Å². The second-order valence-corrected chi connectivity index (χ2v) is 8.15. The van der Waals surface area contributed by atoms with Crippen LogP contribution in [0.3, 0.4) is 0 Å². The highest BCUT2D eigenvalue weighted by Crippen LogP contribution is 2.43. The van der Waals surface area contributed by atoms with Gasteiger partial charge in [-0.2, -0.15) is 13.2 Å². The molecule has 0 saturated carbocycles. The van der Waals surface area contributed by atoms with Crippen molar-refractivity contribution < 1.29 is 32.5 Å². The van der Waals surface area contributed by atoms with Gasteiger partial charge in [-0.1, -0.05) is 31.2 Å². The number of rotatable bonds is 7. The van der Waals surface area contributed by atoms with E-state index >= 15 is 0 Å². The molecule has 37 heavy (non-hydrogen) atoms. The molecule has 1 aromatic heterocycles. The Morgan fingerprint density at radius 2 is 1.78 bits per heavy atom.